The number of aryl methyl sites for hydroxylation is 1. The second kappa shape index (κ2) is 6.94. The van der Waals surface area contributed by atoms with Crippen molar-refractivity contribution in [1.29, 1.82) is 0 Å². The smallest absolute Gasteiger partial charge is 0.306 e. The van der Waals surface area contributed by atoms with Crippen LogP contribution in [0, 0.1) is 6.92 Å². The summed E-state index contributed by atoms with van der Waals surface area (Å²) in [4.78, 5) is 11.2. The van der Waals surface area contributed by atoms with Crippen molar-refractivity contribution in [3.8, 4) is 0 Å². The molecule has 112 valence electrons. The van der Waals surface area contributed by atoms with Gasteiger partial charge in [-0.15, -0.1) is 0 Å². The van der Waals surface area contributed by atoms with Crippen molar-refractivity contribution < 1.29 is 17.9 Å². The van der Waals surface area contributed by atoms with Crippen LogP contribution in [0.3, 0.4) is 0 Å². The largest absolute Gasteiger partial charge is 0.466 e. The predicted octanol–water partition coefficient (Wildman–Crippen LogP) is 2.03. The maximum atomic E-state index is 11.9. The molecule has 0 amide bonds. The van der Waals surface area contributed by atoms with Crippen LogP contribution in [0.5, 0.6) is 0 Å². The third kappa shape index (κ3) is 5.01. The number of carbonyl (C=O) groups excluding carboxylic acids is 1. The molecule has 0 heterocycles. The van der Waals surface area contributed by atoms with Gasteiger partial charge in [0.2, 0.25) is 10.0 Å². The summed E-state index contributed by atoms with van der Waals surface area (Å²) < 4.78 is 31.4. The quantitative estimate of drug-likeness (QED) is 0.594. The van der Waals surface area contributed by atoms with Gasteiger partial charge in [-0.25, -0.2) is 8.42 Å². The van der Waals surface area contributed by atoms with E-state index < -0.39 is 16.0 Å². The van der Waals surface area contributed by atoms with Crippen molar-refractivity contribution in [2.75, 3.05) is 22.8 Å². The lowest BCUT2D eigenvalue weighted by Crippen LogP contribution is -2.20. The van der Waals surface area contributed by atoms with E-state index in [2.05, 4.69) is 25.4 Å². The zero-order valence-corrected chi connectivity index (χ0v) is 13.7. The molecule has 3 N–H and O–H groups in total. The molecule has 0 unspecified atom stereocenters. The molecule has 0 aliphatic carbocycles. The van der Waals surface area contributed by atoms with Crippen molar-refractivity contribution in [1.82, 2.24) is 0 Å². The Hall–Kier alpha value is -1.28. The van der Waals surface area contributed by atoms with Gasteiger partial charge in [0.25, 0.3) is 0 Å². The number of nitrogens with one attached hydrogen (secondary N) is 1. The van der Waals surface area contributed by atoms with Gasteiger partial charge in [0, 0.05) is 10.2 Å². The molecule has 1 aromatic carbocycles. The first kappa shape index (κ1) is 16.8. The zero-order chi connectivity index (χ0) is 15.3. The molecule has 6 nitrogen and oxygen atoms in total. The molecule has 0 fully saturated rings. The third-order valence-electron chi connectivity index (χ3n) is 2.50. The van der Waals surface area contributed by atoms with Gasteiger partial charge in [0.15, 0.2) is 0 Å². The number of esters is 1. The highest BCUT2D eigenvalue weighted by molar-refractivity contribution is 9.10. The SMILES string of the molecule is CCOC(=O)CCS(=O)(=O)Nc1cc(N)c(C)cc1Br. The topological polar surface area (TPSA) is 98.5 Å². The number of rotatable bonds is 6. The Morgan fingerprint density at radius 2 is 2.10 bits per heavy atom. The Morgan fingerprint density at radius 1 is 1.45 bits per heavy atom. The number of anilines is 2. The number of hydrogen-bond acceptors (Lipinski definition) is 5. The van der Waals surface area contributed by atoms with Crippen molar-refractivity contribution >= 4 is 43.3 Å². The van der Waals surface area contributed by atoms with E-state index in [1.165, 1.54) is 6.07 Å². The number of halogens is 1. The Labute approximate surface area is 126 Å². The lowest BCUT2D eigenvalue weighted by molar-refractivity contribution is -0.142. The van der Waals surface area contributed by atoms with Gasteiger partial charge in [0.05, 0.1) is 24.5 Å². The summed E-state index contributed by atoms with van der Waals surface area (Å²) in [5.41, 5.74) is 7.41. The van der Waals surface area contributed by atoms with Crippen LogP contribution >= 0.6 is 15.9 Å². The Balaban J connectivity index is 2.76. The van der Waals surface area contributed by atoms with E-state index in [0.29, 0.717) is 15.8 Å². The number of sulfonamides is 1. The molecule has 0 saturated heterocycles. The normalized spacial score (nSPS) is 11.2. The minimum Gasteiger partial charge on any atom is -0.466 e. The monoisotopic (exact) mass is 364 g/mol. The first-order chi connectivity index (χ1) is 9.25. The molecule has 1 rings (SSSR count). The first-order valence-corrected chi connectivity index (χ1v) is 8.41. The maximum Gasteiger partial charge on any atom is 0.306 e. The molecule has 0 spiro atoms. The highest BCUT2D eigenvalue weighted by atomic mass is 79.9. The van der Waals surface area contributed by atoms with Gasteiger partial charge in [-0.3, -0.25) is 9.52 Å². The number of benzene rings is 1. The first-order valence-electron chi connectivity index (χ1n) is 5.97. The van der Waals surface area contributed by atoms with Crippen LogP contribution in [0.15, 0.2) is 16.6 Å². The Bertz CT molecular complexity index is 602. The van der Waals surface area contributed by atoms with Crippen LogP contribution in [0.2, 0.25) is 0 Å². The maximum absolute atomic E-state index is 11.9. The van der Waals surface area contributed by atoms with Gasteiger partial charge in [-0.1, -0.05) is 0 Å². The van der Waals surface area contributed by atoms with E-state index in [1.54, 1.807) is 13.0 Å². The second-order valence-electron chi connectivity index (χ2n) is 4.16. The van der Waals surface area contributed by atoms with E-state index in [-0.39, 0.29) is 18.8 Å². The van der Waals surface area contributed by atoms with Crippen molar-refractivity contribution in [2.45, 2.75) is 20.3 Å². The van der Waals surface area contributed by atoms with Gasteiger partial charge >= 0.3 is 5.97 Å². The lowest BCUT2D eigenvalue weighted by Gasteiger charge is -2.11. The van der Waals surface area contributed by atoms with Crippen LogP contribution in [0.1, 0.15) is 18.9 Å². The fourth-order valence-corrected chi connectivity index (χ4v) is 3.17. The highest BCUT2D eigenvalue weighted by Crippen LogP contribution is 2.28. The summed E-state index contributed by atoms with van der Waals surface area (Å²) >= 11 is 3.26. The van der Waals surface area contributed by atoms with E-state index >= 15 is 0 Å². The summed E-state index contributed by atoms with van der Waals surface area (Å²) in [6.45, 7) is 3.71. The van der Waals surface area contributed by atoms with Crippen LogP contribution in [0.25, 0.3) is 0 Å². The molecule has 0 aliphatic rings. The zero-order valence-electron chi connectivity index (χ0n) is 11.3. The second-order valence-corrected chi connectivity index (χ2v) is 6.86. The van der Waals surface area contributed by atoms with Crippen molar-refractivity contribution in [3.05, 3.63) is 22.2 Å². The number of nitrogens with two attached hydrogens (primary N) is 1. The van der Waals surface area contributed by atoms with Crippen LogP contribution in [-0.2, 0) is 19.6 Å². The Kier molecular flexibility index (Phi) is 5.82. The van der Waals surface area contributed by atoms with Crippen molar-refractivity contribution in [2.24, 2.45) is 0 Å². The van der Waals surface area contributed by atoms with Crippen LogP contribution < -0.4 is 10.5 Å². The molecular formula is C12H17BrN2O4S. The van der Waals surface area contributed by atoms with Gasteiger partial charge < -0.3 is 10.5 Å². The van der Waals surface area contributed by atoms with E-state index in [0.717, 1.165) is 5.56 Å². The molecule has 0 radical (unpaired) electrons. The lowest BCUT2D eigenvalue weighted by atomic mass is 10.2. The molecule has 1 aromatic rings. The van der Waals surface area contributed by atoms with Gasteiger partial charge in [-0.05, 0) is 47.5 Å². The van der Waals surface area contributed by atoms with Gasteiger partial charge in [-0.2, -0.15) is 0 Å². The fraction of sp³-hybridized carbons (Fsp3) is 0.417. The average molecular weight is 365 g/mol. The summed E-state index contributed by atoms with van der Waals surface area (Å²) in [6.07, 6.45) is -0.192. The van der Waals surface area contributed by atoms with E-state index in [4.69, 9.17) is 5.73 Å². The minimum atomic E-state index is -3.64. The van der Waals surface area contributed by atoms with Gasteiger partial charge in [0.1, 0.15) is 0 Å². The fourth-order valence-electron chi connectivity index (χ4n) is 1.44. The standard InChI is InChI=1S/C12H17BrN2O4S/c1-3-19-12(16)4-5-20(17,18)15-11-7-10(14)8(2)6-9(11)13/h6-7,15H,3-5,14H2,1-2H3. The average Bonchev–Trinajstić information content (AvgIpc) is 2.34. The highest BCUT2D eigenvalue weighted by Gasteiger charge is 2.16. The molecule has 0 bridgehead atoms. The molecule has 0 saturated carbocycles. The minimum absolute atomic E-state index is 0.192. The van der Waals surface area contributed by atoms with Crippen LogP contribution in [0.4, 0.5) is 11.4 Å². The molecule has 0 aliphatic heterocycles. The molecule has 0 atom stereocenters. The van der Waals surface area contributed by atoms with Crippen molar-refractivity contribution in [3.63, 3.8) is 0 Å². The number of nitrogen functional groups attached to an aromatic ring is 1. The summed E-state index contributed by atoms with van der Waals surface area (Å²) in [7, 11) is -3.64. The predicted molar refractivity (Wildman–Crippen MR) is 82.0 cm³/mol. The van der Waals surface area contributed by atoms with Crippen LogP contribution in [-0.4, -0.2) is 26.7 Å². The molecule has 8 heteroatoms. The molecule has 0 aromatic heterocycles. The summed E-state index contributed by atoms with van der Waals surface area (Å²) in [5, 5.41) is 0. The van der Waals surface area contributed by atoms with E-state index in [9.17, 15) is 13.2 Å². The molecular weight excluding hydrogens is 348 g/mol. The third-order valence-corrected chi connectivity index (χ3v) is 4.43. The molecule has 20 heavy (non-hydrogen) atoms. The number of hydrogen-bond donors (Lipinski definition) is 2. The number of carbonyl (C=O) groups is 1. The number of ether oxygens (including phenoxy) is 1. The van der Waals surface area contributed by atoms with E-state index in [1.807, 2.05) is 6.92 Å². The summed E-state index contributed by atoms with van der Waals surface area (Å²) in [6, 6.07) is 3.25. The Morgan fingerprint density at radius 3 is 2.70 bits per heavy atom. The summed E-state index contributed by atoms with van der Waals surface area (Å²) in [5.74, 6) is -0.883.